The van der Waals surface area contributed by atoms with Gasteiger partial charge in [0.2, 0.25) is 11.8 Å². The van der Waals surface area contributed by atoms with Crippen molar-refractivity contribution in [1.29, 1.82) is 5.26 Å². The number of hydrogen-bond donors (Lipinski definition) is 1. The van der Waals surface area contributed by atoms with Crippen molar-refractivity contribution >= 4 is 17.7 Å². The first kappa shape index (κ1) is 19.8. The summed E-state index contributed by atoms with van der Waals surface area (Å²) >= 11 is 0. The SMILES string of the molecule is Cn1cc(-c2c(-c3ccc4c(c3)CN([C@H]3CCC(=O)NC3=O)C4=O)cnn2C)cc1C#N. The first-order chi connectivity index (χ1) is 15.4. The van der Waals surface area contributed by atoms with Crippen LogP contribution in [0.4, 0.5) is 0 Å². The lowest BCUT2D eigenvalue weighted by Crippen LogP contribution is -2.52. The summed E-state index contributed by atoms with van der Waals surface area (Å²) in [5.74, 6) is -0.925. The molecule has 9 heteroatoms. The van der Waals surface area contributed by atoms with E-state index in [9.17, 15) is 19.6 Å². The van der Waals surface area contributed by atoms with E-state index in [1.165, 1.54) is 4.90 Å². The second-order valence-electron chi connectivity index (χ2n) is 8.14. The van der Waals surface area contributed by atoms with Gasteiger partial charge in [0.15, 0.2) is 0 Å². The van der Waals surface area contributed by atoms with Crippen LogP contribution in [0.5, 0.6) is 0 Å². The molecular formula is C23H20N6O3. The highest BCUT2D eigenvalue weighted by Crippen LogP contribution is 2.36. The number of carbonyl (C=O) groups is 3. The summed E-state index contributed by atoms with van der Waals surface area (Å²) in [5.41, 5.74) is 5.47. The molecule has 2 aliphatic rings. The van der Waals surface area contributed by atoms with Crippen molar-refractivity contribution < 1.29 is 14.4 Å². The van der Waals surface area contributed by atoms with E-state index in [4.69, 9.17) is 0 Å². The summed E-state index contributed by atoms with van der Waals surface area (Å²) in [7, 11) is 3.67. The number of nitrogens with one attached hydrogen (secondary N) is 1. The van der Waals surface area contributed by atoms with Crippen LogP contribution in [0.3, 0.4) is 0 Å². The number of aryl methyl sites for hydroxylation is 2. The maximum atomic E-state index is 12.9. The molecule has 5 rings (SSSR count). The van der Waals surface area contributed by atoms with Crippen LogP contribution in [0.15, 0.2) is 36.7 Å². The molecule has 0 aliphatic carbocycles. The molecule has 0 unspecified atom stereocenters. The Hall–Kier alpha value is -4.19. The van der Waals surface area contributed by atoms with Gasteiger partial charge in [0.05, 0.1) is 11.9 Å². The van der Waals surface area contributed by atoms with E-state index in [1.807, 2.05) is 38.5 Å². The molecule has 0 bridgehead atoms. The van der Waals surface area contributed by atoms with Crippen LogP contribution in [-0.4, -0.2) is 43.0 Å². The minimum absolute atomic E-state index is 0.200. The summed E-state index contributed by atoms with van der Waals surface area (Å²) in [5, 5.41) is 16.0. The van der Waals surface area contributed by atoms with Crippen molar-refractivity contribution in [2.24, 2.45) is 14.1 Å². The van der Waals surface area contributed by atoms with Crippen molar-refractivity contribution in [1.82, 2.24) is 24.6 Å². The minimum atomic E-state index is -0.640. The zero-order chi connectivity index (χ0) is 22.6. The second kappa shape index (κ2) is 7.20. The van der Waals surface area contributed by atoms with E-state index < -0.39 is 11.9 Å². The summed E-state index contributed by atoms with van der Waals surface area (Å²) in [6.45, 7) is 0.313. The molecule has 160 valence electrons. The van der Waals surface area contributed by atoms with Crippen molar-refractivity contribution in [3.63, 3.8) is 0 Å². The Morgan fingerprint density at radius 3 is 2.66 bits per heavy atom. The predicted molar refractivity (Wildman–Crippen MR) is 114 cm³/mol. The smallest absolute Gasteiger partial charge is 0.255 e. The van der Waals surface area contributed by atoms with Gasteiger partial charge in [0.1, 0.15) is 17.8 Å². The van der Waals surface area contributed by atoms with Crippen LogP contribution in [0.2, 0.25) is 0 Å². The zero-order valence-corrected chi connectivity index (χ0v) is 17.6. The van der Waals surface area contributed by atoms with Crippen molar-refractivity contribution in [3.8, 4) is 28.5 Å². The van der Waals surface area contributed by atoms with Crippen molar-refractivity contribution in [3.05, 3.63) is 53.5 Å². The van der Waals surface area contributed by atoms with Gasteiger partial charge in [-0.05, 0) is 35.7 Å². The molecule has 9 nitrogen and oxygen atoms in total. The fraction of sp³-hybridized carbons (Fsp3) is 0.261. The number of nitrogens with zero attached hydrogens (tertiary/aromatic N) is 5. The first-order valence-corrected chi connectivity index (χ1v) is 10.2. The van der Waals surface area contributed by atoms with Gasteiger partial charge in [-0.3, -0.25) is 24.4 Å². The molecule has 0 spiro atoms. The number of fused-ring (bicyclic) bond motifs is 1. The van der Waals surface area contributed by atoms with Gasteiger partial charge in [0.25, 0.3) is 5.91 Å². The van der Waals surface area contributed by atoms with E-state index in [-0.39, 0.29) is 18.2 Å². The predicted octanol–water partition coefficient (Wildman–Crippen LogP) is 1.73. The number of imide groups is 1. The number of nitriles is 1. The fourth-order valence-electron chi connectivity index (χ4n) is 4.54. The third-order valence-electron chi connectivity index (χ3n) is 6.17. The number of piperidine rings is 1. The standard InChI is InChI=1S/C23H20N6O3/c1-27-11-15(8-16(27)9-24)21-18(10-25-28(21)2)13-3-4-17-14(7-13)12-29(23(17)32)19-5-6-20(30)26-22(19)31/h3-4,7-8,10-11,19H,5-6,12H2,1-2H3,(H,26,30,31)/t19-/m0/s1. The quantitative estimate of drug-likeness (QED) is 0.639. The van der Waals surface area contributed by atoms with E-state index in [0.717, 1.165) is 27.9 Å². The zero-order valence-electron chi connectivity index (χ0n) is 17.6. The Labute approximate surface area is 183 Å². The maximum Gasteiger partial charge on any atom is 0.255 e. The Bertz CT molecular complexity index is 1340. The Balaban J connectivity index is 1.50. The van der Waals surface area contributed by atoms with Gasteiger partial charge >= 0.3 is 0 Å². The molecule has 3 aromatic rings. The topological polar surface area (TPSA) is 113 Å². The van der Waals surface area contributed by atoms with Gasteiger partial charge in [-0.1, -0.05) is 6.07 Å². The molecule has 2 aliphatic heterocycles. The van der Waals surface area contributed by atoms with Crippen molar-refractivity contribution in [2.75, 3.05) is 0 Å². The Morgan fingerprint density at radius 1 is 1.12 bits per heavy atom. The highest BCUT2D eigenvalue weighted by Gasteiger charge is 2.39. The van der Waals surface area contributed by atoms with Gasteiger partial charge < -0.3 is 9.47 Å². The number of aromatic nitrogens is 3. The lowest BCUT2D eigenvalue weighted by molar-refractivity contribution is -0.136. The van der Waals surface area contributed by atoms with E-state index >= 15 is 0 Å². The number of hydrogen-bond acceptors (Lipinski definition) is 5. The summed E-state index contributed by atoms with van der Waals surface area (Å²) in [6, 6.07) is 8.96. The summed E-state index contributed by atoms with van der Waals surface area (Å²) in [4.78, 5) is 38.2. The Morgan fingerprint density at radius 2 is 1.94 bits per heavy atom. The highest BCUT2D eigenvalue weighted by atomic mass is 16.2. The average molecular weight is 428 g/mol. The number of carbonyl (C=O) groups excluding carboxylic acids is 3. The second-order valence-corrected chi connectivity index (χ2v) is 8.14. The maximum absolute atomic E-state index is 12.9. The average Bonchev–Trinajstić information content (AvgIpc) is 3.42. The molecule has 3 amide bonds. The van der Waals surface area contributed by atoms with E-state index in [0.29, 0.717) is 24.2 Å². The van der Waals surface area contributed by atoms with Crippen LogP contribution in [-0.2, 0) is 30.2 Å². The third-order valence-corrected chi connectivity index (χ3v) is 6.17. The molecule has 1 fully saturated rings. The minimum Gasteiger partial charge on any atom is -0.342 e. The van der Waals surface area contributed by atoms with Crippen LogP contribution in [0, 0.1) is 11.3 Å². The van der Waals surface area contributed by atoms with Crippen LogP contribution >= 0.6 is 0 Å². The largest absolute Gasteiger partial charge is 0.342 e. The van der Waals surface area contributed by atoms with Crippen LogP contribution in [0.1, 0.15) is 34.5 Å². The lowest BCUT2D eigenvalue weighted by atomic mass is 9.99. The molecule has 1 aromatic carbocycles. The third kappa shape index (κ3) is 3.00. The molecule has 1 atom stereocenters. The van der Waals surface area contributed by atoms with Crippen molar-refractivity contribution in [2.45, 2.75) is 25.4 Å². The fourth-order valence-corrected chi connectivity index (χ4v) is 4.54. The molecule has 2 aromatic heterocycles. The number of amides is 3. The molecule has 4 heterocycles. The monoisotopic (exact) mass is 428 g/mol. The Kier molecular flexibility index (Phi) is 4.44. The molecular weight excluding hydrogens is 408 g/mol. The van der Waals surface area contributed by atoms with Gasteiger partial charge in [0, 0.05) is 49.9 Å². The first-order valence-electron chi connectivity index (χ1n) is 10.2. The molecule has 32 heavy (non-hydrogen) atoms. The number of rotatable bonds is 3. The van der Waals surface area contributed by atoms with Crippen LogP contribution < -0.4 is 5.32 Å². The van der Waals surface area contributed by atoms with E-state index in [1.54, 1.807) is 21.5 Å². The van der Waals surface area contributed by atoms with Gasteiger partial charge in [-0.25, -0.2) is 0 Å². The van der Waals surface area contributed by atoms with E-state index in [2.05, 4.69) is 16.5 Å². The molecule has 1 saturated heterocycles. The number of benzene rings is 1. The van der Waals surface area contributed by atoms with Gasteiger partial charge in [-0.15, -0.1) is 0 Å². The summed E-state index contributed by atoms with van der Waals surface area (Å²) in [6.07, 6.45) is 4.22. The summed E-state index contributed by atoms with van der Waals surface area (Å²) < 4.78 is 3.53. The lowest BCUT2D eigenvalue weighted by Gasteiger charge is -2.29. The van der Waals surface area contributed by atoms with Gasteiger partial charge in [-0.2, -0.15) is 10.4 Å². The normalized spacial score (nSPS) is 18.0. The molecule has 0 radical (unpaired) electrons. The van der Waals surface area contributed by atoms with Crippen LogP contribution in [0.25, 0.3) is 22.4 Å². The highest BCUT2D eigenvalue weighted by molar-refractivity contribution is 6.05. The molecule has 1 N–H and O–H groups in total. The molecule has 0 saturated carbocycles.